The lowest BCUT2D eigenvalue weighted by Gasteiger charge is -2.26. The van der Waals surface area contributed by atoms with Crippen molar-refractivity contribution in [3.05, 3.63) is 47.0 Å². The largest absolute Gasteiger partial charge is 0.367 e. The Balaban J connectivity index is 1.69. The first kappa shape index (κ1) is 15.4. The monoisotopic (exact) mass is 314 g/mol. The Labute approximate surface area is 135 Å². The molecule has 23 heavy (non-hydrogen) atoms. The zero-order chi connectivity index (χ0) is 16.6. The minimum Gasteiger partial charge on any atom is -0.367 e. The number of nitrogens with one attached hydrogen (secondary N) is 3. The van der Waals surface area contributed by atoms with Gasteiger partial charge in [-0.05, 0) is 38.3 Å². The Kier molecular flexibility index (Phi) is 3.75. The predicted molar refractivity (Wildman–Crippen MR) is 87.5 cm³/mol. The highest BCUT2D eigenvalue weighted by Gasteiger charge is 2.38. The van der Waals surface area contributed by atoms with Gasteiger partial charge in [-0.2, -0.15) is 0 Å². The third-order valence-electron chi connectivity index (χ3n) is 4.56. The second-order valence-corrected chi connectivity index (χ2v) is 6.60. The van der Waals surface area contributed by atoms with Crippen LogP contribution >= 0.6 is 0 Å². The molecule has 3 heterocycles. The fourth-order valence-corrected chi connectivity index (χ4v) is 3.11. The first-order valence-electron chi connectivity index (χ1n) is 7.78. The Morgan fingerprint density at radius 3 is 2.26 bits per heavy atom. The van der Waals surface area contributed by atoms with Crippen molar-refractivity contribution in [1.29, 1.82) is 0 Å². The Hall–Kier alpha value is -2.50. The van der Waals surface area contributed by atoms with E-state index in [9.17, 15) is 9.59 Å². The van der Waals surface area contributed by atoms with E-state index < -0.39 is 5.54 Å². The third-order valence-corrected chi connectivity index (χ3v) is 4.56. The molecule has 1 saturated heterocycles. The van der Waals surface area contributed by atoms with Crippen LogP contribution in [-0.4, -0.2) is 45.3 Å². The maximum Gasteiger partial charge on any atom is 0.255 e. The van der Waals surface area contributed by atoms with E-state index in [0.29, 0.717) is 24.2 Å². The second kappa shape index (κ2) is 5.61. The van der Waals surface area contributed by atoms with Crippen molar-refractivity contribution in [2.75, 3.05) is 13.1 Å². The van der Waals surface area contributed by atoms with E-state index in [-0.39, 0.29) is 11.8 Å². The Morgan fingerprint density at radius 1 is 1.09 bits per heavy atom. The molecule has 122 valence electrons. The van der Waals surface area contributed by atoms with Crippen molar-refractivity contribution >= 4 is 11.8 Å². The molecule has 2 aromatic rings. The van der Waals surface area contributed by atoms with Gasteiger partial charge in [0.2, 0.25) is 0 Å². The van der Waals surface area contributed by atoms with Crippen LogP contribution in [0.1, 0.15) is 45.2 Å². The lowest BCUT2D eigenvalue weighted by molar-refractivity contribution is 0.0768. The van der Waals surface area contributed by atoms with Crippen LogP contribution in [0.25, 0.3) is 0 Å². The summed E-state index contributed by atoms with van der Waals surface area (Å²) in [6.07, 6.45) is 7.80. The second-order valence-electron chi connectivity index (χ2n) is 6.60. The van der Waals surface area contributed by atoms with Gasteiger partial charge in [-0.1, -0.05) is 0 Å². The standard InChI is InChI=1S/C17H22N4O2/c1-11-6-18-8-13(11)15(22)20-17(3)4-5-21(10-17)16(23)14-9-19-7-12(14)2/h6-9,18-19H,4-5,10H2,1-3H3,(H,20,22). The number of H-pyrrole nitrogens is 2. The molecule has 0 aromatic carbocycles. The molecule has 2 aromatic heterocycles. The first-order valence-corrected chi connectivity index (χ1v) is 7.78. The number of hydrogen-bond donors (Lipinski definition) is 3. The number of rotatable bonds is 3. The minimum absolute atomic E-state index is 0.0135. The smallest absolute Gasteiger partial charge is 0.255 e. The lowest BCUT2D eigenvalue weighted by atomic mass is 10.0. The van der Waals surface area contributed by atoms with E-state index >= 15 is 0 Å². The Bertz CT molecular complexity index is 745. The summed E-state index contributed by atoms with van der Waals surface area (Å²) >= 11 is 0. The average Bonchev–Trinajstić information content (AvgIpc) is 3.19. The molecule has 1 aliphatic heterocycles. The number of carbonyl (C=O) groups is 2. The highest BCUT2D eigenvalue weighted by Crippen LogP contribution is 2.24. The highest BCUT2D eigenvalue weighted by molar-refractivity contribution is 5.97. The lowest BCUT2D eigenvalue weighted by Crippen LogP contribution is -2.48. The molecule has 3 N–H and O–H groups in total. The maximum atomic E-state index is 12.6. The Morgan fingerprint density at radius 2 is 1.70 bits per heavy atom. The number of amides is 2. The number of hydrogen-bond acceptors (Lipinski definition) is 2. The van der Waals surface area contributed by atoms with Gasteiger partial charge < -0.3 is 20.2 Å². The molecule has 1 aliphatic rings. The molecular weight excluding hydrogens is 292 g/mol. The summed E-state index contributed by atoms with van der Waals surface area (Å²) in [5, 5.41) is 3.08. The summed E-state index contributed by atoms with van der Waals surface area (Å²) < 4.78 is 0. The summed E-state index contributed by atoms with van der Waals surface area (Å²) in [4.78, 5) is 32.7. The van der Waals surface area contributed by atoms with Crippen LogP contribution in [0.3, 0.4) is 0 Å². The minimum atomic E-state index is -0.402. The van der Waals surface area contributed by atoms with Gasteiger partial charge in [0.15, 0.2) is 0 Å². The van der Waals surface area contributed by atoms with Crippen molar-refractivity contribution < 1.29 is 9.59 Å². The summed E-state index contributed by atoms with van der Waals surface area (Å²) in [5.74, 6) is -0.0853. The third kappa shape index (κ3) is 2.88. The molecule has 1 unspecified atom stereocenters. The predicted octanol–water partition coefficient (Wildman–Crippen LogP) is 1.99. The van der Waals surface area contributed by atoms with Crippen LogP contribution in [0.15, 0.2) is 24.8 Å². The van der Waals surface area contributed by atoms with Crippen LogP contribution in [0.2, 0.25) is 0 Å². The first-order chi connectivity index (χ1) is 10.9. The van der Waals surface area contributed by atoms with Crippen LogP contribution in [0.4, 0.5) is 0 Å². The van der Waals surface area contributed by atoms with Gasteiger partial charge in [-0.15, -0.1) is 0 Å². The van der Waals surface area contributed by atoms with Gasteiger partial charge in [0.05, 0.1) is 16.7 Å². The molecule has 0 aliphatic carbocycles. The molecule has 6 nitrogen and oxygen atoms in total. The van der Waals surface area contributed by atoms with E-state index in [0.717, 1.165) is 17.5 Å². The van der Waals surface area contributed by atoms with Crippen molar-refractivity contribution in [2.24, 2.45) is 0 Å². The molecule has 1 atom stereocenters. The van der Waals surface area contributed by atoms with Crippen molar-refractivity contribution in [3.8, 4) is 0 Å². The summed E-state index contributed by atoms with van der Waals surface area (Å²) in [5.41, 5.74) is 2.80. The van der Waals surface area contributed by atoms with Crippen LogP contribution in [0.5, 0.6) is 0 Å². The van der Waals surface area contributed by atoms with Crippen molar-refractivity contribution in [1.82, 2.24) is 20.2 Å². The van der Waals surface area contributed by atoms with Crippen molar-refractivity contribution in [3.63, 3.8) is 0 Å². The van der Waals surface area contributed by atoms with Gasteiger partial charge >= 0.3 is 0 Å². The zero-order valence-corrected chi connectivity index (χ0v) is 13.7. The van der Waals surface area contributed by atoms with Gasteiger partial charge in [-0.3, -0.25) is 9.59 Å². The highest BCUT2D eigenvalue weighted by atomic mass is 16.2. The quantitative estimate of drug-likeness (QED) is 0.810. The number of nitrogens with zero attached hydrogens (tertiary/aromatic N) is 1. The number of aromatic amines is 2. The van der Waals surface area contributed by atoms with Crippen LogP contribution in [-0.2, 0) is 0 Å². The fraction of sp³-hybridized carbons (Fsp3) is 0.412. The van der Waals surface area contributed by atoms with E-state index in [4.69, 9.17) is 0 Å². The zero-order valence-electron chi connectivity index (χ0n) is 13.7. The molecule has 0 bridgehead atoms. The van der Waals surface area contributed by atoms with E-state index in [1.54, 1.807) is 23.5 Å². The molecule has 3 rings (SSSR count). The van der Waals surface area contributed by atoms with E-state index in [2.05, 4.69) is 15.3 Å². The molecule has 0 radical (unpaired) electrons. The van der Waals surface area contributed by atoms with Crippen LogP contribution in [0, 0.1) is 13.8 Å². The fourth-order valence-electron chi connectivity index (χ4n) is 3.11. The topological polar surface area (TPSA) is 81.0 Å². The van der Waals surface area contributed by atoms with Crippen molar-refractivity contribution in [2.45, 2.75) is 32.7 Å². The molecule has 0 saturated carbocycles. The van der Waals surface area contributed by atoms with Gasteiger partial charge in [0.25, 0.3) is 11.8 Å². The van der Waals surface area contributed by atoms with Crippen LogP contribution < -0.4 is 5.32 Å². The van der Waals surface area contributed by atoms with Gasteiger partial charge in [0, 0.05) is 37.9 Å². The summed E-state index contributed by atoms with van der Waals surface area (Å²) in [6.45, 7) is 6.96. The summed E-state index contributed by atoms with van der Waals surface area (Å²) in [6, 6.07) is 0. The van der Waals surface area contributed by atoms with E-state index in [1.807, 2.05) is 27.0 Å². The molecular formula is C17H22N4O2. The molecule has 1 fully saturated rings. The number of likely N-dealkylation sites (tertiary alicyclic amines) is 1. The maximum absolute atomic E-state index is 12.6. The number of aromatic nitrogens is 2. The molecule has 2 amide bonds. The number of aryl methyl sites for hydroxylation is 2. The van der Waals surface area contributed by atoms with Gasteiger partial charge in [0.1, 0.15) is 0 Å². The normalized spacial score (nSPS) is 20.7. The van der Waals surface area contributed by atoms with Gasteiger partial charge in [-0.25, -0.2) is 0 Å². The number of carbonyl (C=O) groups excluding carboxylic acids is 2. The molecule has 0 spiro atoms. The summed E-state index contributed by atoms with van der Waals surface area (Å²) in [7, 11) is 0. The van der Waals surface area contributed by atoms with E-state index in [1.165, 1.54) is 0 Å². The average molecular weight is 314 g/mol. The SMILES string of the molecule is Cc1c[nH]cc1C(=O)NC1(C)CCN(C(=O)c2c[nH]cc2C)C1. The molecule has 6 heteroatoms.